The van der Waals surface area contributed by atoms with Crippen LogP contribution in [0.25, 0.3) is 0 Å². The lowest BCUT2D eigenvalue weighted by atomic mass is 10.2. The maximum Gasteiger partial charge on any atom is 0.0522 e. The SMILES string of the molecule is Cn1cc(CCNc2ccc(Cl)cc2Br)cn1. The van der Waals surface area contributed by atoms with Gasteiger partial charge in [-0.3, -0.25) is 4.68 Å². The molecule has 5 heteroatoms. The first-order chi connectivity index (χ1) is 8.15. The van der Waals surface area contributed by atoms with Crippen molar-refractivity contribution in [2.75, 3.05) is 11.9 Å². The van der Waals surface area contributed by atoms with Gasteiger partial charge in [0.05, 0.1) is 6.20 Å². The number of rotatable bonds is 4. The minimum absolute atomic E-state index is 0.731. The maximum absolute atomic E-state index is 5.88. The molecular formula is C12H13BrClN3. The van der Waals surface area contributed by atoms with Gasteiger partial charge < -0.3 is 5.32 Å². The Hall–Kier alpha value is -1.00. The van der Waals surface area contributed by atoms with Crippen molar-refractivity contribution in [3.8, 4) is 0 Å². The van der Waals surface area contributed by atoms with Crippen molar-refractivity contribution in [3.63, 3.8) is 0 Å². The number of hydrogen-bond acceptors (Lipinski definition) is 2. The maximum atomic E-state index is 5.88. The largest absolute Gasteiger partial charge is 0.384 e. The van der Waals surface area contributed by atoms with Gasteiger partial charge in [0.25, 0.3) is 0 Å². The van der Waals surface area contributed by atoms with Crippen LogP contribution in [0.1, 0.15) is 5.56 Å². The molecule has 0 radical (unpaired) electrons. The lowest BCUT2D eigenvalue weighted by molar-refractivity contribution is 0.767. The molecule has 0 aliphatic rings. The Balaban J connectivity index is 1.90. The minimum Gasteiger partial charge on any atom is -0.384 e. The molecule has 0 bridgehead atoms. The van der Waals surface area contributed by atoms with E-state index in [9.17, 15) is 0 Å². The van der Waals surface area contributed by atoms with Crippen molar-refractivity contribution < 1.29 is 0 Å². The highest BCUT2D eigenvalue weighted by Gasteiger charge is 2.01. The molecule has 1 aromatic heterocycles. The average Bonchev–Trinajstić information content (AvgIpc) is 2.68. The van der Waals surface area contributed by atoms with Crippen molar-refractivity contribution in [2.24, 2.45) is 7.05 Å². The second-order valence-electron chi connectivity index (χ2n) is 3.82. The predicted octanol–water partition coefficient (Wildman–Crippen LogP) is 3.49. The fraction of sp³-hybridized carbons (Fsp3) is 0.250. The molecule has 0 unspecified atom stereocenters. The molecule has 1 heterocycles. The molecule has 2 aromatic rings. The first-order valence-corrected chi connectivity index (χ1v) is 6.49. The molecule has 0 spiro atoms. The zero-order valence-corrected chi connectivity index (χ0v) is 11.8. The van der Waals surface area contributed by atoms with Crippen molar-refractivity contribution in [2.45, 2.75) is 6.42 Å². The molecule has 0 fully saturated rings. The van der Waals surface area contributed by atoms with E-state index in [2.05, 4.69) is 26.3 Å². The summed E-state index contributed by atoms with van der Waals surface area (Å²) >= 11 is 9.36. The van der Waals surface area contributed by atoms with Gasteiger partial charge in [0.15, 0.2) is 0 Å². The summed E-state index contributed by atoms with van der Waals surface area (Å²) < 4.78 is 2.80. The Morgan fingerprint density at radius 1 is 1.47 bits per heavy atom. The van der Waals surface area contributed by atoms with Crippen LogP contribution in [0.15, 0.2) is 35.1 Å². The normalized spacial score (nSPS) is 10.5. The Labute approximate surface area is 114 Å². The van der Waals surface area contributed by atoms with Crippen LogP contribution in [-0.4, -0.2) is 16.3 Å². The summed E-state index contributed by atoms with van der Waals surface area (Å²) in [6.07, 6.45) is 4.86. The molecule has 90 valence electrons. The number of aromatic nitrogens is 2. The van der Waals surface area contributed by atoms with E-state index < -0.39 is 0 Å². The molecule has 0 aliphatic carbocycles. The average molecular weight is 315 g/mol. The van der Waals surface area contributed by atoms with Gasteiger partial charge in [-0.15, -0.1) is 0 Å². The lowest BCUT2D eigenvalue weighted by Gasteiger charge is -2.07. The molecule has 2 rings (SSSR count). The monoisotopic (exact) mass is 313 g/mol. The highest BCUT2D eigenvalue weighted by atomic mass is 79.9. The predicted molar refractivity (Wildman–Crippen MR) is 74.6 cm³/mol. The van der Waals surface area contributed by atoms with Crippen LogP contribution < -0.4 is 5.32 Å². The Bertz CT molecular complexity index is 510. The zero-order chi connectivity index (χ0) is 12.3. The van der Waals surface area contributed by atoms with E-state index in [1.54, 1.807) is 0 Å². The quantitative estimate of drug-likeness (QED) is 0.936. The molecule has 17 heavy (non-hydrogen) atoms. The third-order valence-electron chi connectivity index (χ3n) is 2.42. The summed E-state index contributed by atoms with van der Waals surface area (Å²) in [5, 5.41) is 8.22. The van der Waals surface area contributed by atoms with Crippen molar-refractivity contribution in [3.05, 3.63) is 45.7 Å². The molecule has 0 saturated heterocycles. The zero-order valence-electron chi connectivity index (χ0n) is 9.45. The van der Waals surface area contributed by atoms with Gasteiger partial charge in [0.1, 0.15) is 0 Å². The first kappa shape index (κ1) is 12.5. The Morgan fingerprint density at radius 2 is 2.29 bits per heavy atom. The van der Waals surface area contributed by atoms with Crippen LogP contribution in [0.4, 0.5) is 5.69 Å². The van der Waals surface area contributed by atoms with Gasteiger partial charge in [-0.2, -0.15) is 5.10 Å². The molecule has 1 aromatic carbocycles. The summed E-state index contributed by atoms with van der Waals surface area (Å²) in [4.78, 5) is 0. The number of halogens is 2. The van der Waals surface area contributed by atoms with Gasteiger partial charge in [-0.25, -0.2) is 0 Å². The van der Waals surface area contributed by atoms with Crippen LogP contribution in [-0.2, 0) is 13.5 Å². The summed E-state index contributed by atoms with van der Waals surface area (Å²) in [7, 11) is 1.92. The van der Waals surface area contributed by atoms with Crippen LogP contribution in [0.3, 0.4) is 0 Å². The van der Waals surface area contributed by atoms with E-state index in [1.807, 2.05) is 42.3 Å². The van der Waals surface area contributed by atoms with Crippen LogP contribution in [0.2, 0.25) is 5.02 Å². The molecule has 3 nitrogen and oxygen atoms in total. The number of nitrogens with zero attached hydrogens (tertiary/aromatic N) is 2. The first-order valence-electron chi connectivity index (χ1n) is 5.31. The summed E-state index contributed by atoms with van der Waals surface area (Å²) in [5.74, 6) is 0. The van der Waals surface area contributed by atoms with E-state index in [0.717, 1.165) is 28.1 Å². The molecular weight excluding hydrogens is 302 g/mol. The topological polar surface area (TPSA) is 29.9 Å². The van der Waals surface area contributed by atoms with Gasteiger partial charge >= 0.3 is 0 Å². The van der Waals surface area contributed by atoms with E-state index in [0.29, 0.717) is 0 Å². The van der Waals surface area contributed by atoms with E-state index in [-0.39, 0.29) is 0 Å². The highest BCUT2D eigenvalue weighted by molar-refractivity contribution is 9.10. The molecule has 0 saturated carbocycles. The third-order valence-corrected chi connectivity index (χ3v) is 3.31. The molecule has 1 N–H and O–H groups in total. The third kappa shape index (κ3) is 3.48. The van der Waals surface area contributed by atoms with Crippen LogP contribution >= 0.6 is 27.5 Å². The molecule has 0 aliphatic heterocycles. The number of anilines is 1. The van der Waals surface area contributed by atoms with Gasteiger partial charge in [0, 0.05) is 35.0 Å². The Morgan fingerprint density at radius 3 is 2.94 bits per heavy atom. The minimum atomic E-state index is 0.731. The summed E-state index contributed by atoms with van der Waals surface area (Å²) in [6, 6.07) is 5.72. The van der Waals surface area contributed by atoms with Crippen LogP contribution in [0, 0.1) is 0 Å². The number of nitrogens with one attached hydrogen (secondary N) is 1. The van der Waals surface area contributed by atoms with Crippen molar-refractivity contribution >= 4 is 33.2 Å². The smallest absolute Gasteiger partial charge is 0.0522 e. The number of benzene rings is 1. The van der Waals surface area contributed by atoms with Gasteiger partial charge in [0.2, 0.25) is 0 Å². The fourth-order valence-electron chi connectivity index (χ4n) is 1.58. The van der Waals surface area contributed by atoms with E-state index >= 15 is 0 Å². The standard InChI is InChI=1S/C12H13BrClN3/c1-17-8-9(7-16-17)4-5-15-12-3-2-10(14)6-11(12)13/h2-3,6-8,15H,4-5H2,1H3. The van der Waals surface area contributed by atoms with Crippen LogP contribution in [0.5, 0.6) is 0 Å². The lowest BCUT2D eigenvalue weighted by Crippen LogP contribution is -2.04. The molecule has 0 atom stereocenters. The highest BCUT2D eigenvalue weighted by Crippen LogP contribution is 2.25. The van der Waals surface area contributed by atoms with Gasteiger partial charge in [-0.1, -0.05) is 11.6 Å². The van der Waals surface area contributed by atoms with E-state index in [1.165, 1.54) is 5.56 Å². The van der Waals surface area contributed by atoms with Crippen molar-refractivity contribution in [1.82, 2.24) is 9.78 Å². The number of aryl methyl sites for hydroxylation is 1. The molecule has 0 amide bonds. The second-order valence-corrected chi connectivity index (χ2v) is 5.11. The van der Waals surface area contributed by atoms with Gasteiger partial charge in [-0.05, 0) is 46.1 Å². The Kier molecular flexibility index (Phi) is 4.07. The fourth-order valence-corrected chi connectivity index (χ4v) is 2.40. The van der Waals surface area contributed by atoms with Crippen molar-refractivity contribution in [1.29, 1.82) is 0 Å². The summed E-state index contributed by atoms with van der Waals surface area (Å²) in [6.45, 7) is 0.867. The second kappa shape index (κ2) is 5.56. The summed E-state index contributed by atoms with van der Waals surface area (Å²) in [5.41, 5.74) is 2.28. The number of hydrogen-bond donors (Lipinski definition) is 1. The van der Waals surface area contributed by atoms with E-state index in [4.69, 9.17) is 11.6 Å².